The third-order valence-corrected chi connectivity index (χ3v) is 8.33. The number of rotatable bonds is 6. The standard InChI is InChI=1S/C24H27ClF2N6O2S/c1-15-16(12-33(30-15)22-18(4-3-7-29-22)31(2)13-20(28)34)11-32-8-5-23(6-9-32)21-17(10-19(25)36-21)24(26,27)14-35-23/h3-4,7,10,12H,5-6,8-9,11,13-14H2,1-2H3,(H2,28,34). The number of nitrogens with two attached hydrogens (primary N) is 1. The van der Waals surface area contributed by atoms with Crippen LogP contribution in [0.4, 0.5) is 14.5 Å². The number of carbonyl (C=O) groups is 1. The smallest absolute Gasteiger partial charge is 0.297 e. The summed E-state index contributed by atoms with van der Waals surface area (Å²) in [4.78, 5) is 20.5. The molecule has 5 rings (SSSR count). The van der Waals surface area contributed by atoms with Gasteiger partial charge in [0.05, 0.1) is 22.3 Å². The number of fused-ring (bicyclic) bond motifs is 2. The van der Waals surface area contributed by atoms with Crippen LogP contribution in [-0.4, -0.2) is 58.9 Å². The van der Waals surface area contributed by atoms with Crippen molar-refractivity contribution < 1.29 is 18.3 Å². The number of likely N-dealkylation sites (N-methyl/N-ethyl adjacent to an activating group) is 1. The molecular formula is C24H27ClF2N6O2S. The largest absolute Gasteiger partial charge is 0.368 e. The fraction of sp³-hybridized carbons (Fsp3) is 0.458. The molecule has 0 atom stereocenters. The van der Waals surface area contributed by atoms with E-state index in [1.807, 2.05) is 19.2 Å². The summed E-state index contributed by atoms with van der Waals surface area (Å²) >= 11 is 7.32. The number of carbonyl (C=O) groups excluding carboxylic acids is 1. The van der Waals surface area contributed by atoms with Crippen LogP contribution in [0.2, 0.25) is 4.34 Å². The number of likely N-dealkylation sites (tertiary alicyclic amines) is 1. The second-order valence-corrected chi connectivity index (χ2v) is 11.1. The van der Waals surface area contributed by atoms with E-state index in [1.54, 1.807) is 28.9 Å². The molecule has 1 fully saturated rings. The number of anilines is 1. The van der Waals surface area contributed by atoms with Gasteiger partial charge in [-0.3, -0.25) is 9.69 Å². The fourth-order valence-corrected chi connectivity index (χ4v) is 6.45. The van der Waals surface area contributed by atoms with Gasteiger partial charge in [0, 0.05) is 55.1 Å². The zero-order valence-corrected chi connectivity index (χ0v) is 21.6. The van der Waals surface area contributed by atoms with Crippen molar-refractivity contribution in [3.63, 3.8) is 0 Å². The van der Waals surface area contributed by atoms with Gasteiger partial charge in [0.1, 0.15) is 12.2 Å². The molecule has 12 heteroatoms. The molecule has 0 bridgehead atoms. The number of aryl methyl sites for hydroxylation is 1. The molecule has 1 spiro atoms. The van der Waals surface area contributed by atoms with Gasteiger partial charge in [-0.05, 0) is 38.0 Å². The van der Waals surface area contributed by atoms with E-state index < -0.39 is 24.0 Å². The van der Waals surface area contributed by atoms with Crippen LogP contribution in [0.5, 0.6) is 0 Å². The molecule has 192 valence electrons. The van der Waals surface area contributed by atoms with Gasteiger partial charge < -0.3 is 15.4 Å². The maximum Gasteiger partial charge on any atom is 0.297 e. The van der Waals surface area contributed by atoms with Crippen molar-refractivity contribution in [1.29, 1.82) is 0 Å². The van der Waals surface area contributed by atoms with E-state index in [0.29, 0.717) is 47.5 Å². The summed E-state index contributed by atoms with van der Waals surface area (Å²) in [5, 5.41) is 4.66. The van der Waals surface area contributed by atoms with Gasteiger partial charge >= 0.3 is 0 Å². The fourth-order valence-electron chi connectivity index (χ4n) is 4.97. The molecule has 2 aliphatic rings. The van der Waals surface area contributed by atoms with Crippen molar-refractivity contribution in [2.75, 3.05) is 38.2 Å². The highest BCUT2D eigenvalue weighted by molar-refractivity contribution is 7.16. The quantitative estimate of drug-likeness (QED) is 0.515. The van der Waals surface area contributed by atoms with Gasteiger partial charge in [-0.2, -0.15) is 13.9 Å². The van der Waals surface area contributed by atoms with Crippen LogP contribution in [0.3, 0.4) is 0 Å². The van der Waals surface area contributed by atoms with Crippen molar-refractivity contribution in [3.05, 3.63) is 56.6 Å². The first kappa shape index (κ1) is 25.1. The van der Waals surface area contributed by atoms with Gasteiger partial charge in [-0.15, -0.1) is 11.3 Å². The lowest BCUT2D eigenvalue weighted by Crippen LogP contribution is -2.48. The van der Waals surface area contributed by atoms with E-state index in [2.05, 4.69) is 15.0 Å². The Hall–Kier alpha value is -2.60. The Morgan fingerprint density at radius 2 is 2.11 bits per heavy atom. The zero-order chi connectivity index (χ0) is 25.7. The highest BCUT2D eigenvalue weighted by Gasteiger charge is 2.51. The van der Waals surface area contributed by atoms with Crippen molar-refractivity contribution in [2.24, 2.45) is 5.73 Å². The Morgan fingerprint density at radius 3 is 2.83 bits per heavy atom. The molecule has 36 heavy (non-hydrogen) atoms. The summed E-state index contributed by atoms with van der Waals surface area (Å²) in [7, 11) is 1.78. The number of nitrogens with zero attached hydrogens (tertiary/aromatic N) is 5. The number of piperidine rings is 1. The second-order valence-electron chi connectivity index (χ2n) is 9.41. The molecule has 1 saturated heterocycles. The lowest BCUT2D eigenvalue weighted by Gasteiger charge is -2.45. The minimum atomic E-state index is -3.01. The highest BCUT2D eigenvalue weighted by atomic mass is 35.5. The van der Waals surface area contributed by atoms with Gasteiger partial charge in [-0.1, -0.05) is 11.6 Å². The van der Waals surface area contributed by atoms with Crippen LogP contribution in [0.25, 0.3) is 5.82 Å². The first-order valence-electron chi connectivity index (χ1n) is 11.6. The summed E-state index contributed by atoms with van der Waals surface area (Å²) in [6.45, 7) is 3.44. The summed E-state index contributed by atoms with van der Waals surface area (Å²) in [6, 6.07) is 5.06. The molecule has 3 aromatic heterocycles. The average molecular weight is 537 g/mol. The lowest BCUT2D eigenvalue weighted by molar-refractivity contribution is -0.182. The van der Waals surface area contributed by atoms with Gasteiger partial charge in [-0.25, -0.2) is 9.67 Å². The molecule has 0 radical (unpaired) electrons. The average Bonchev–Trinajstić information content (AvgIpc) is 3.41. The van der Waals surface area contributed by atoms with Crippen LogP contribution in [0, 0.1) is 6.92 Å². The van der Waals surface area contributed by atoms with Crippen LogP contribution < -0.4 is 10.6 Å². The summed E-state index contributed by atoms with van der Waals surface area (Å²) in [5.74, 6) is -2.84. The third-order valence-electron chi connectivity index (χ3n) is 6.89. The molecular weight excluding hydrogens is 510 g/mol. The monoisotopic (exact) mass is 536 g/mol. The highest BCUT2D eigenvalue weighted by Crippen LogP contribution is 2.52. The van der Waals surface area contributed by atoms with E-state index in [1.165, 1.54) is 17.4 Å². The SMILES string of the molecule is Cc1nn(-c2ncccc2N(C)CC(N)=O)cc1CN1CCC2(CC1)OCC(F)(F)c1cc(Cl)sc12. The minimum Gasteiger partial charge on any atom is -0.368 e. The molecule has 0 unspecified atom stereocenters. The van der Waals surface area contributed by atoms with Gasteiger partial charge in [0.15, 0.2) is 5.82 Å². The third kappa shape index (κ3) is 4.60. The Kier molecular flexibility index (Phi) is 6.52. The molecule has 1 amide bonds. The Bertz CT molecular complexity index is 1290. The van der Waals surface area contributed by atoms with Crippen molar-refractivity contribution in [2.45, 2.75) is 37.8 Å². The number of ether oxygens (including phenoxy) is 1. The van der Waals surface area contributed by atoms with Crippen LogP contribution in [-0.2, 0) is 27.6 Å². The normalized spacial score (nSPS) is 18.8. The van der Waals surface area contributed by atoms with E-state index in [-0.39, 0.29) is 12.1 Å². The molecule has 3 aromatic rings. The summed E-state index contributed by atoms with van der Waals surface area (Å²) in [5.41, 5.74) is 7.31. The van der Waals surface area contributed by atoms with E-state index in [0.717, 1.165) is 16.9 Å². The van der Waals surface area contributed by atoms with Crippen LogP contribution in [0.15, 0.2) is 30.6 Å². The number of pyridine rings is 1. The first-order chi connectivity index (χ1) is 17.1. The number of primary amides is 1. The van der Waals surface area contributed by atoms with Crippen molar-refractivity contribution in [3.8, 4) is 5.82 Å². The maximum atomic E-state index is 14.4. The molecule has 2 aliphatic heterocycles. The number of hydrogen-bond acceptors (Lipinski definition) is 7. The first-order valence-corrected chi connectivity index (χ1v) is 12.8. The molecule has 5 heterocycles. The Labute approximate surface area is 216 Å². The molecule has 8 nitrogen and oxygen atoms in total. The van der Waals surface area contributed by atoms with Gasteiger partial charge in [0.2, 0.25) is 5.91 Å². The molecule has 0 aliphatic carbocycles. The maximum absolute atomic E-state index is 14.4. The minimum absolute atomic E-state index is 0.0155. The number of alkyl halides is 2. The predicted octanol–water partition coefficient (Wildman–Crippen LogP) is 3.83. The molecule has 0 saturated carbocycles. The zero-order valence-electron chi connectivity index (χ0n) is 20.0. The number of halogens is 3. The predicted molar refractivity (Wildman–Crippen MR) is 134 cm³/mol. The van der Waals surface area contributed by atoms with E-state index in [9.17, 15) is 13.6 Å². The number of aromatic nitrogens is 3. The Balaban J connectivity index is 1.31. The Morgan fingerprint density at radius 1 is 1.36 bits per heavy atom. The number of hydrogen-bond donors (Lipinski definition) is 1. The lowest BCUT2D eigenvalue weighted by atomic mass is 9.84. The van der Waals surface area contributed by atoms with Crippen molar-refractivity contribution >= 4 is 34.5 Å². The molecule has 2 N–H and O–H groups in total. The summed E-state index contributed by atoms with van der Waals surface area (Å²) < 4.78 is 36.7. The summed E-state index contributed by atoms with van der Waals surface area (Å²) in [6.07, 6.45) is 4.85. The topological polar surface area (TPSA) is 89.5 Å². The molecule has 0 aromatic carbocycles. The van der Waals surface area contributed by atoms with Crippen molar-refractivity contribution in [1.82, 2.24) is 19.7 Å². The second kappa shape index (κ2) is 9.37. The number of thiophene rings is 1. The van der Waals surface area contributed by atoms with Crippen LogP contribution in [0.1, 0.15) is 34.5 Å². The van der Waals surface area contributed by atoms with Crippen LogP contribution >= 0.6 is 22.9 Å². The van der Waals surface area contributed by atoms with E-state index >= 15 is 0 Å². The number of amides is 1. The van der Waals surface area contributed by atoms with Gasteiger partial charge in [0.25, 0.3) is 5.92 Å². The van der Waals surface area contributed by atoms with E-state index in [4.69, 9.17) is 22.1 Å².